The van der Waals surface area contributed by atoms with Gasteiger partial charge in [0, 0.05) is 24.3 Å². The number of hydrogen-bond acceptors (Lipinski definition) is 4. The van der Waals surface area contributed by atoms with Gasteiger partial charge in [0.15, 0.2) is 0 Å². The molecule has 0 aliphatic rings. The van der Waals surface area contributed by atoms with Crippen LogP contribution in [0.3, 0.4) is 0 Å². The highest BCUT2D eigenvalue weighted by molar-refractivity contribution is 5.89. The molecule has 1 N–H and O–H groups in total. The van der Waals surface area contributed by atoms with Gasteiger partial charge in [0.2, 0.25) is 0 Å². The van der Waals surface area contributed by atoms with Gasteiger partial charge in [-0.2, -0.15) is 0 Å². The van der Waals surface area contributed by atoms with E-state index in [1.54, 1.807) is 12.4 Å². The van der Waals surface area contributed by atoms with Crippen molar-refractivity contribution in [3.63, 3.8) is 0 Å². The van der Waals surface area contributed by atoms with Gasteiger partial charge in [0.1, 0.15) is 0 Å². The molecule has 102 valence electrons. The molecule has 2 aromatic heterocycles. The van der Waals surface area contributed by atoms with Crippen molar-refractivity contribution in [2.45, 2.75) is 19.9 Å². The van der Waals surface area contributed by atoms with E-state index in [1.165, 1.54) is 0 Å². The zero-order chi connectivity index (χ0) is 13.8. The van der Waals surface area contributed by atoms with Crippen LogP contribution < -0.4 is 5.32 Å². The lowest BCUT2D eigenvalue weighted by Gasteiger charge is -2.09. The molecular formula is C15H17N5. The van der Waals surface area contributed by atoms with Crippen molar-refractivity contribution in [3.05, 3.63) is 48.5 Å². The van der Waals surface area contributed by atoms with E-state index in [9.17, 15) is 0 Å². The standard InChI is InChI=1S/C15H17N5/c1-2-7-16-9-13-10-18-19-20(13)15-5-3-4-12-6-8-17-11-14(12)15/h3-6,8,10-11,16H,2,7,9H2,1H3. The third-order valence-corrected chi connectivity index (χ3v) is 3.24. The van der Waals surface area contributed by atoms with Gasteiger partial charge in [-0.05, 0) is 30.5 Å². The van der Waals surface area contributed by atoms with Crippen LogP contribution in [0.5, 0.6) is 0 Å². The Kier molecular flexibility index (Phi) is 3.69. The predicted octanol–water partition coefficient (Wildman–Crippen LogP) is 2.32. The van der Waals surface area contributed by atoms with Crippen molar-refractivity contribution in [3.8, 4) is 5.69 Å². The number of aromatic nitrogens is 4. The summed E-state index contributed by atoms with van der Waals surface area (Å²) in [7, 11) is 0. The maximum Gasteiger partial charge on any atom is 0.0783 e. The van der Waals surface area contributed by atoms with Crippen LogP contribution in [0.15, 0.2) is 42.9 Å². The molecule has 0 amide bonds. The van der Waals surface area contributed by atoms with E-state index < -0.39 is 0 Å². The third kappa shape index (κ3) is 2.40. The molecule has 0 fully saturated rings. The second kappa shape index (κ2) is 5.79. The molecule has 5 nitrogen and oxygen atoms in total. The summed E-state index contributed by atoms with van der Waals surface area (Å²) in [5.41, 5.74) is 2.07. The van der Waals surface area contributed by atoms with Gasteiger partial charge in [0.25, 0.3) is 0 Å². The Hall–Kier alpha value is -2.27. The van der Waals surface area contributed by atoms with Gasteiger partial charge in [-0.15, -0.1) is 5.10 Å². The molecule has 0 atom stereocenters. The SMILES string of the molecule is CCCNCc1cnnn1-c1cccc2ccncc12. The smallest absolute Gasteiger partial charge is 0.0783 e. The van der Waals surface area contributed by atoms with Crippen LogP contribution in [0.2, 0.25) is 0 Å². The molecule has 2 heterocycles. The largest absolute Gasteiger partial charge is 0.311 e. The zero-order valence-corrected chi connectivity index (χ0v) is 11.5. The van der Waals surface area contributed by atoms with Crippen molar-refractivity contribution in [2.75, 3.05) is 6.54 Å². The fourth-order valence-corrected chi connectivity index (χ4v) is 2.25. The Bertz CT molecular complexity index is 699. The van der Waals surface area contributed by atoms with E-state index in [1.807, 2.05) is 29.1 Å². The average Bonchev–Trinajstić information content (AvgIpc) is 2.95. The molecular weight excluding hydrogens is 250 g/mol. The van der Waals surface area contributed by atoms with Gasteiger partial charge in [-0.1, -0.05) is 24.3 Å². The van der Waals surface area contributed by atoms with Crippen molar-refractivity contribution in [1.29, 1.82) is 0 Å². The topological polar surface area (TPSA) is 55.6 Å². The molecule has 0 bridgehead atoms. The fraction of sp³-hybridized carbons (Fsp3) is 0.267. The second-order valence-corrected chi connectivity index (χ2v) is 4.69. The molecule has 0 radical (unpaired) electrons. The molecule has 3 rings (SSSR count). The van der Waals surface area contributed by atoms with Gasteiger partial charge >= 0.3 is 0 Å². The number of nitrogens with one attached hydrogen (secondary N) is 1. The molecule has 0 aliphatic heterocycles. The molecule has 0 spiro atoms. The lowest BCUT2D eigenvalue weighted by atomic mass is 10.1. The van der Waals surface area contributed by atoms with Crippen LogP contribution in [0.1, 0.15) is 19.0 Å². The molecule has 1 aromatic carbocycles. The summed E-state index contributed by atoms with van der Waals surface area (Å²) in [5, 5.41) is 13.9. The molecule has 0 unspecified atom stereocenters. The average molecular weight is 267 g/mol. The van der Waals surface area contributed by atoms with E-state index >= 15 is 0 Å². The van der Waals surface area contributed by atoms with Crippen LogP contribution in [0, 0.1) is 0 Å². The highest BCUT2D eigenvalue weighted by Gasteiger charge is 2.09. The summed E-state index contributed by atoms with van der Waals surface area (Å²) in [6.45, 7) is 3.90. The van der Waals surface area contributed by atoms with E-state index in [0.29, 0.717) is 0 Å². The molecule has 5 heteroatoms. The van der Waals surface area contributed by atoms with Crippen molar-refractivity contribution < 1.29 is 0 Å². The fourth-order valence-electron chi connectivity index (χ4n) is 2.25. The number of rotatable bonds is 5. The van der Waals surface area contributed by atoms with Gasteiger partial charge in [0.05, 0.1) is 17.6 Å². The zero-order valence-electron chi connectivity index (χ0n) is 11.5. The molecule has 0 saturated heterocycles. The summed E-state index contributed by atoms with van der Waals surface area (Å²) >= 11 is 0. The number of fused-ring (bicyclic) bond motifs is 1. The Morgan fingerprint density at radius 2 is 2.15 bits per heavy atom. The monoisotopic (exact) mass is 267 g/mol. The van der Waals surface area contributed by atoms with E-state index in [0.717, 1.165) is 41.7 Å². The minimum atomic E-state index is 0.761. The van der Waals surface area contributed by atoms with Crippen LogP contribution >= 0.6 is 0 Å². The van der Waals surface area contributed by atoms with Gasteiger partial charge in [-0.3, -0.25) is 4.98 Å². The predicted molar refractivity (Wildman–Crippen MR) is 78.7 cm³/mol. The van der Waals surface area contributed by atoms with Crippen molar-refractivity contribution in [1.82, 2.24) is 25.3 Å². The number of benzene rings is 1. The first-order chi connectivity index (χ1) is 9.90. The van der Waals surface area contributed by atoms with Crippen LogP contribution in [0.4, 0.5) is 0 Å². The van der Waals surface area contributed by atoms with Crippen LogP contribution in [0.25, 0.3) is 16.5 Å². The molecule has 0 aliphatic carbocycles. The molecule has 3 aromatic rings. The van der Waals surface area contributed by atoms with Gasteiger partial charge < -0.3 is 5.32 Å². The summed E-state index contributed by atoms with van der Waals surface area (Å²) in [4.78, 5) is 4.21. The highest BCUT2D eigenvalue weighted by atomic mass is 15.4. The number of pyridine rings is 1. The maximum absolute atomic E-state index is 4.21. The Morgan fingerprint density at radius 3 is 3.05 bits per heavy atom. The maximum atomic E-state index is 4.21. The lowest BCUT2D eigenvalue weighted by Crippen LogP contribution is -2.16. The summed E-state index contributed by atoms with van der Waals surface area (Å²) in [6, 6.07) is 8.15. The van der Waals surface area contributed by atoms with Gasteiger partial charge in [-0.25, -0.2) is 4.68 Å². The first-order valence-electron chi connectivity index (χ1n) is 6.83. The van der Waals surface area contributed by atoms with Crippen molar-refractivity contribution in [2.24, 2.45) is 0 Å². The van der Waals surface area contributed by atoms with E-state index in [-0.39, 0.29) is 0 Å². The first kappa shape index (κ1) is 12.7. The summed E-state index contributed by atoms with van der Waals surface area (Å²) in [5.74, 6) is 0. The third-order valence-electron chi connectivity index (χ3n) is 3.24. The van der Waals surface area contributed by atoms with Crippen LogP contribution in [-0.4, -0.2) is 26.5 Å². The Morgan fingerprint density at radius 1 is 1.20 bits per heavy atom. The second-order valence-electron chi connectivity index (χ2n) is 4.69. The minimum absolute atomic E-state index is 0.761. The Labute approximate surface area is 117 Å². The Balaban J connectivity index is 2.01. The normalized spacial score (nSPS) is 11.1. The quantitative estimate of drug-likeness (QED) is 0.721. The minimum Gasteiger partial charge on any atom is -0.311 e. The number of nitrogens with zero attached hydrogens (tertiary/aromatic N) is 4. The summed E-state index contributed by atoms with van der Waals surface area (Å²) in [6.07, 6.45) is 6.59. The highest BCUT2D eigenvalue weighted by Crippen LogP contribution is 2.21. The summed E-state index contributed by atoms with van der Waals surface area (Å²) < 4.78 is 1.88. The molecule has 20 heavy (non-hydrogen) atoms. The van der Waals surface area contributed by atoms with Crippen molar-refractivity contribution >= 4 is 10.8 Å². The van der Waals surface area contributed by atoms with E-state index in [2.05, 4.69) is 33.6 Å². The number of hydrogen-bond donors (Lipinski definition) is 1. The van der Waals surface area contributed by atoms with Crippen LogP contribution in [-0.2, 0) is 6.54 Å². The first-order valence-corrected chi connectivity index (χ1v) is 6.83. The molecule has 0 saturated carbocycles. The lowest BCUT2D eigenvalue weighted by molar-refractivity contribution is 0.642. The van der Waals surface area contributed by atoms with E-state index in [4.69, 9.17) is 0 Å².